The van der Waals surface area contributed by atoms with Crippen LogP contribution in [0.2, 0.25) is 5.15 Å². The number of aliphatic hydroxyl groups is 1. The van der Waals surface area contributed by atoms with Gasteiger partial charge in [-0.1, -0.05) is 23.7 Å². The average Bonchev–Trinajstić information content (AvgIpc) is 2.59. The summed E-state index contributed by atoms with van der Waals surface area (Å²) in [5, 5.41) is 10.9. The first-order chi connectivity index (χ1) is 7.74. The maximum absolute atomic E-state index is 9.35. The van der Waals surface area contributed by atoms with Crippen LogP contribution in [0, 0.1) is 0 Å². The van der Waals surface area contributed by atoms with Crippen LogP contribution in [0.25, 0.3) is 10.9 Å². The van der Waals surface area contributed by atoms with Crippen LogP contribution in [-0.2, 0) is 13.2 Å². The quantitative estimate of drug-likeness (QED) is 0.894. The zero-order valence-electron chi connectivity index (χ0n) is 9.33. The van der Waals surface area contributed by atoms with Crippen LogP contribution in [0.15, 0.2) is 18.2 Å². The summed E-state index contributed by atoms with van der Waals surface area (Å²) in [7, 11) is 1.63. The van der Waals surface area contributed by atoms with Crippen LogP contribution in [0.4, 0.5) is 0 Å². The van der Waals surface area contributed by atoms with E-state index in [2.05, 4.69) is 0 Å². The molecule has 3 nitrogen and oxygen atoms in total. The summed E-state index contributed by atoms with van der Waals surface area (Å²) in [5.41, 5.74) is 1.71. The van der Waals surface area contributed by atoms with E-state index in [0.717, 1.165) is 28.8 Å². The third-order valence-corrected chi connectivity index (χ3v) is 3.21. The highest BCUT2D eigenvalue weighted by atomic mass is 35.5. The van der Waals surface area contributed by atoms with Gasteiger partial charge in [-0.15, -0.1) is 0 Å². The van der Waals surface area contributed by atoms with E-state index in [9.17, 15) is 5.11 Å². The number of rotatable bonds is 3. The van der Waals surface area contributed by atoms with Crippen molar-refractivity contribution in [3.63, 3.8) is 0 Å². The van der Waals surface area contributed by atoms with Gasteiger partial charge in [-0.05, 0) is 13.0 Å². The molecule has 1 aromatic heterocycles. The molecule has 0 aliphatic carbocycles. The molecule has 86 valence electrons. The minimum atomic E-state index is -0.0600. The molecule has 1 N–H and O–H groups in total. The van der Waals surface area contributed by atoms with Crippen molar-refractivity contribution in [1.29, 1.82) is 0 Å². The number of halogens is 1. The second kappa shape index (κ2) is 4.36. The van der Waals surface area contributed by atoms with Crippen molar-refractivity contribution in [3.8, 4) is 5.75 Å². The first-order valence-electron chi connectivity index (χ1n) is 5.19. The van der Waals surface area contributed by atoms with E-state index in [1.807, 2.05) is 29.7 Å². The van der Waals surface area contributed by atoms with Crippen molar-refractivity contribution in [2.45, 2.75) is 20.1 Å². The Hall–Kier alpha value is -1.19. The van der Waals surface area contributed by atoms with Gasteiger partial charge in [-0.2, -0.15) is 0 Å². The zero-order valence-corrected chi connectivity index (χ0v) is 10.1. The fraction of sp³-hybridized carbons (Fsp3) is 0.333. The molecule has 0 saturated carbocycles. The van der Waals surface area contributed by atoms with E-state index in [0.29, 0.717) is 5.15 Å². The summed E-state index contributed by atoms with van der Waals surface area (Å²) >= 11 is 6.23. The van der Waals surface area contributed by atoms with E-state index >= 15 is 0 Å². The molecule has 2 aromatic rings. The lowest BCUT2D eigenvalue weighted by Gasteiger charge is -2.06. The maximum atomic E-state index is 9.35. The second-order valence-corrected chi connectivity index (χ2v) is 3.89. The second-order valence-electron chi connectivity index (χ2n) is 3.53. The summed E-state index contributed by atoms with van der Waals surface area (Å²) in [6.07, 6.45) is 0. The number of nitrogens with zero attached hydrogens (tertiary/aromatic N) is 1. The molecule has 0 atom stereocenters. The summed E-state index contributed by atoms with van der Waals surface area (Å²) in [5.74, 6) is 0.779. The molecule has 0 radical (unpaired) electrons. The summed E-state index contributed by atoms with van der Waals surface area (Å²) in [6.45, 7) is 2.70. The minimum absolute atomic E-state index is 0.0600. The minimum Gasteiger partial charge on any atom is -0.495 e. The van der Waals surface area contributed by atoms with Crippen LogP contribution in [0.1, 0.15) is 12.5 Å². The van der Waals surface area contributed by atoms with Crippen LogP contribution in [-0.4, -0.2) is 16.8 Å². The molecule has 0 aliphatic heterocycles. The first kappa shape index (κ1) is 11.3. The normalized spacial score (nSPS) is 11.0. The monoisotopic (exact) mass is 239 g/mol. The Labute approximate surface area is 99.2 Å². The van der Waals surface area contributed by atoms with Crippen molar-refractivity contribution < 1.29 is 9.84 Å². The molecule has 4 heteroatoms. The van der Waals surface area contributed by atoms with Crippen molar-refractivity contribution in [3.05, 3.63) is 28.9 Å². The predicted octanol–water partition coefficient (Wildman–Crippen LogP) is 2.82. The molecule has 2 rings (SSSR count). The topological polar surface area (TPSA) is 34.4 Å². The number of ether oxygens (including phenoxy) is 1. The van der Waals surface area contributed by atoms with Crippen LogP contribution in [0.3, 0.4) is 0 Å². The lowest BCUT2D eigenvalue weighted by Crippen LogP contribution is -1.96. The molecule has 0 spiro atoms. The van der Waals surface area contributed by atoms with Gasteiger partial charge in [-0.3, -0.25) is 0 Å². The van der Waals surface area contributed by atoms with E-state index in [1.54, 1.807) is 7.11 Å². The van der Waals surface area contributed by atoms with Crippen LogP contribution >= 0.6 is 11.6 Å². The average molecular weight is 240 g/mol. The van der Waals surface area contributed by atoms with E-state index in [4.69, 9.17) is 16.3 Å². The van der Waals surface area contributed by atoms with Gasteiger partial charge in [0.2, 0.25) is 0 Å². The Balaban J connectivity index is 2.88. The Kier molecular flexibility index (Phi) is 3.08. The van der Waals surface area contributed by atoms with Gasteiger partial charge in [0.1, 0.15) is 10.9 Å². The summed E-state index contributed by atoms with van der Waals surface area (Å²) in [4.78, 5) is 0. The van der Waals surface area contributed by atoms with Gasteiger partial charge < -0.3 is 14.4 Å². The van der Waals surface area contributed by atoms with Gasteiger partial charge >= 0.3 is 0 Å². The largest absolute Gasteiger partial charge is 0.495 e. The summed E-state index contributed by atoms with van der Waals surface area (Å²) < 4.78 is 7.27. The van der Waals surface area contributed by atoms with E-state index in [-0.39, 0.29) is 6.61 Å². The van der Waals surface area contributed by atoms with Crippen LogP contribution in [0.5, 0.6) is 5.75 Å². The number of hydrogen-bond acceptors (Lipinski definition) is 2. The highest BCUT2D eigenvalue weighted by molar-refractivity contribution is 6.32. The summed E-state index contributed by atoms with van der Waals surface area (Å²) in [6, 6.07) is 5.74. The molecule has 0 saturated heterocycles. The van der Waals surface area contributed by atoms with Gasteiger partial charge in [0.05, 0.1) is 19.2 Å². The maximum Gasteiger partial charge on any atom is 0.143 e. The zero-order chi connectivity index (χ0) is 11.7. The first-order valence-corrected chi connectivity index (χ1v) is 5.56. The number of methoxy groups -OCH3 is 1. The van der Waals surface area contributed by atoms with Crippen molar-refractivity contribution in [2.24, 2.45) is 0 Å². The van der Waals surface area contributed by atoms with Gasteiger partial charge in [0, 0.05) is 17.5 Å². The number of fused-ring (bicyclic) bond motifs is 1. The lowest BCUT2D eigenvalue weighted by molar-refractivity contribution is 0.283. The third-order valence-electron chi connectivity index (χ3n) is 2.77. The number of hydrogen-bond donors (Lipinski definition) is 1. The van der Waals surface area contributed by atoms with Crippen LogP contribution < -0.4 is 4.74 Å². The Bertz CT molecular complexity index is 519. The highest BCUT2D eigenvalue weighted by Crippen LogP contribution is 2.35. The van der Waals surface area contributed by atoms with Gasteiger partial charge in [0.15, 0.2) is 0 Å². The molecule has 0 amide bonds. The molecular weight excluding hydrogens is 226 g/mol. The van der Waals surface area contributed by atoms with Crippen molar-refractivity contribution >= 4 is 22.5 Å². The Morgan fingerprint density at radius 3 is 2.75 bits per heavy atom. The lowest BCUT2D eigenvalue weighted by atomic mass is 10.2. The highest BCUT2D eigenvalue weighted by Gasteiger charge is 2.16. The SMILES string of the molecule is CCn1c(Cl)c(CO)c2cccc(OC)c21. The fourth-order valence-corrected chi connectivity index (χ4v) is 2.39. The third kappa shape index (κ3) is 1.47. The number of aliphatic hydroxyl groups excluding tert-OH is 1. The predicted molar refractivity (Wildman–Crippen MR) is 65.1 cm³/mol. The molecule has 1 heterocycles. The molecule has 1 aromatic carbocycles. The Morgan fingerprint density at radius 1 is 1.44 bits per heavy atom. The van der Waals surface area contributed by atoms with E-state index < -0.39 is 0 Å². The number of aryl methyl sites for hydroxylation is 1. The standard InChI is InChI=1S/C12H14ClNO2/c1-3-14-11-8(9(7-15)12(14)13)5-4-6-10(11)16-2/h4-6,15H,3,7H2,1-2H3. The molecule has 0 fully saturated rings. The van der Waals surface area contributed by atoms with Crippen molar-refractivity contribution in [1.82, 2.24) is 4.57 Å². The number of aromatic nitrogens is 1. The Morgan fingerprint density at radius 2 is 2.19 bits per heavy atom. The van der Waals surface area contributed by atoms with Gasteiger partial charge in [-0.25, -0.2) is 0 Å². The van der Waals surface area contributed by atoms with Crippen molar-refractivity contribution in [2.75, 3.05) is 7.11 Å². The molecule has 16 heavy (non-hydrogen) atoms. The molecule has 0 aliphatic rings. The number of para-hydroxylation sites is 1. The molecular formula is C12H14ClNO2. The smallest absolute Gasteiger partial charge is 0.143 e. The van der Waals surface area contributed by atoms with Gasteiger partial charge in [0.25, 0.3) is 0 Å². The fourth-order valence-electron chi connectivity index (χ4n) is 2.03. The number of benzene rings is 1. The molecule has 0 unspecified atom stereocenters. The molecule has 0 bridgehead atoms. The van der Waals surface area contributed by atoms with E-state index in [1.165, 1.54) is 0 Å².